The Morgan fingerprint density at radius 3 is 2.29 bits per heavy atom. The van der Waals surface area contributed by atoms with Gasteiger partial charge in [-0.1, -0.05) is 65.2 Å². The van der Waals surface area contributed by atoms with Crippen LogP contribution in [0.5, 0.6) is 5.75 Å². The van der Waals surface area contributed by atoms with Gasteiger partial charge in [-0.05, 0) is 29.8 Å². The van der Waals surface area contributed by atoms with Crippen LogP contribution >= 0.6 is 34.9 Å². The van der Waals surface area contributed by atoms with Crippen molar-refractivity contribution in [1.29, 1.82) is 0 Å². The summed E-state index contributed by atoms with van der Waals surface area (Å²) < 4.78 is 12.7. The average Bonchev–Trinajstić information content (AvgIpc) is 3.41. The van der Waals surface area contributed by atoms with E-state index in [1.807, 2.05) is 42.5 Å². The molecule has 0 amide bonds. The number of thioether (sulfide) groups is 2. The Balaban J connectivity index is 1.29. The SMILES string of the molecule is COc1ccc(CSc2nnc(SCc3nnc(-c4ccccc4)o3)s2)cc1. The lowest BCUT2D eigenvalue weighted by Gasteiger charge is -2.01. The Morgan fingerprint density at radius 2 is 1.57 bits per heavy atom. The van der Waals surface area contributed by atoms with Crippen molar-refractivity contribution in [3.05, 3.63) is 66.1 Å². The average molecular weight is 429 g/mol. The van der Waals surface area contributed by atoms with Crippen molar-refractivity contribution in [3.8, 4) is 17.2 Å². The van der Waals surface area contributed by atoms with Crippen molar-refractivity contribution in [2.24, 2.45) is 0 Å². The predicted molar refractivity (Wildman–Crippen MR) is 112 cm³/mol. The Hall–Kier alpha value is -2.36. The zero-order valence-electron chi connectivity index (χ0n) is 14.9. The predicted octanol–water partition coefficient (Wildman–Crippen LogP) is 5.18. The van der Waals surface area contributed by atoms with Gasteiger partial charge < -0.3 is 9.15 Å². The number of hydrogen-bond acceptors (Lipinski definition) is 9. The molecule has 0 aliphatic heterocycles. The molecule has 4 rings (SSSR count). The van der Waals surface area contributed by atoms with Gasteiger partial charge in [-0.2, -0.15) is 0 Å². The second-order valence-electron chi connectivity index (χ2n) is 5.63. The van der Waals surface area contributed by atoms with Gasteiger partial charge in [0.25, 0.3) is 0 Å². The van der Waals surface area contributed by atoms with Crippen LogP contribution in [0.3, 0.4) is 0 Å². The molecule has 0 saturated heterocycles. The van der Waals surface area contributed by atoms with Gasteiger partial charge in [-0.15, -0.1) is 20.4 Å². The van der Waals surface area contributed by atoms with Gasteiger partial charge in [0.05, 0.1) is 12.9 Å². The van der Waals surface area contributed by atoms with Crippen LogP contribution in [0.25, 0.3) is 11.5 Å². The number of methoxy groups -OCH3 is 1. The van der Waals surface area contributed by atoms with E-state index in [2.05, 4.69) is 32.5 Å². The van der Waals surface area contributed by atoms with Crippen molar-refractivity contribution in [2.45, 2.75) is 20.2 Å². The summed E-state index contributed by atoms with van der Waals surface area (Å²) in [7, 11) is 1.67. The third-order valence-corrected chi connectivity index (χ3v) is 6.96. The molecule has 9 heteroatoms. The summed E-state index contributed by atoms with van der Waals surface area (Å²) in [6.45, 7) is 0. The van der Waals surface area contributed by atoms with E-state index in [-0.39, 0.29) is 0 Å². The maximum atomic E-state index is 5.72. The fourth-order valence-electron chi connectivity index (χ4n) is 2.31. The second kappa shape index (κ2) is 9.22. The molecule has 0 saturated carbocycles. The first-order valence-electron chi connectivity index (χ1n) is 8.40. The van der Waals surface area contributed by atoms with E-state index >= 15 is 0 Å². The number of benzene rings is 2. The summed E-state index contributed by atoms with van der Waals surface area (Å²) in [4.78, 5) is 0. The Kier molecular flexibility index (Phi) is 6.25. The first kappa shape index (κ1) is 19.0. The maximum Gasteiger partial charge on any atom is 0.247 e. The van der Waals surface area contributed by atoms with Gasteiger partial charge in [0.2, 0.25) is 11.8 Å². The lowest BCUT2D eigenvalue weighted by molar-refractivity contribution is 0.414. The van der Waals surface area contributed by atoms with Crippen LogP contribution in [0.1, 0.15) is 11.5 Å². The van der Waals surface area contributed by atoms with Crippen LogP contribution in [-0.2, 0) is 11.5 Å². The molecule has 0 radical (unpaired) electrons. The zero-order valence-corrected chi connectivity index (χ0v) is 17.4. The Labute approximate surface area is 174 Å². The number of rotatable bonds is 8. The monoisotopic (exact) mass is 428 g/mol. The first-order valence-corrected chi connectivity index (χ1v) is 11.2. The van der Waals surface area contributed by atoms with E-state index in [0.29, 0.717) is 17.5 Å². The number of aromatic nitrogens is 4. The van der Waals surface area contributed by atoms with Crippen LogP contribution < -0.4 is 4.74 Å². The molecular weight excluding hydrogens is 412 g/mol. The molecule has 0 spiro atoms. The summed E-state index contributed by atoms with van der Waals surface area (Å²) in [6.07, 6.45) is 0. The highest BCUT2D eigenvalue weighted by molar-refractivity contribution is 8.02. The molecule has 0 bridgehead atoms. The highest BCUT2D eigenvalue weighted by Crippen LogP contribution is 2.32. The van der Waals surface area contributed by atoms with Crippen LogP contribution in [0.15, 0.2) is 67.7 Å². The lowest BCUT2D eigenvalue weighted by Crippen LogP contribution is -1.84. The third-order valence-electron chi connectivity index (χ3n) is 3.72. The van der Waals surface area contributed by atoms with Crippen molar-refractivity contribution in [3.63, 3.8) is 0 Å². The molecule has 0 atom stereocenters. The summed E-state index contributed by atoms with van der Waals surface area (Å²) in [5, 5.41) is 16.7. The Morgan fingerprint density at radius 1 is 0.857 bits per heavy atom. The molecule has 0 aliphatic rings. The number of ether oxygens (including phenoxy) is 1. The van der Waals surface area contributed by atoms with E-state index in [1.54, 1.807) is 42.0 Å². The maximum absolute atomic E-state index is 5.72. The second-order valence-corrected chi connectivity index (χ2v) is 9.05. The molecule has 0 aliphatic carbocycles. The van der Waals surface area contributed by atoms with E-state index in [4.69, 9.17) is 9.15 Å². The van der Waals surface area contributed by atoms with E-state index in [1.165, 1.54) is 5.56 Å². The number of hydrogen-bond donors (Lipinski definition) is 0. The minimum Gasteiger partial charge on any atom is -0.497 e. The summed E-state index contributed by atoms with van der Waals surface area (Å²) in [6, 6.07) is 17.8. The summed E-state index contributed by atoms with van der Waals surface area (Å²) >= 11 is 4.79. The van der Waals surface area contributed by atoms with Crippen molar-refractivity contribution in [1.82, 2.24) is 20.4 Å². The highest BCUT2D eigenvalue weighted by atomic mass is 32.2. The van der Waals surface area contributed by atoms with Gasteiger partial charge in [0, 0.05) is 11.3 Å². The molecule has 2 heterocycles. The lowest BCUT2D eigenvalue weighted by atomic mass is 10.2. The molecule has 0 fully saturated rings. The number of nitrogens with zero attached hydrogens (tertiary/aromatic N) is 4. The molecule has 2 aromatic carbocycles. The van der Waals surface area contributed by atoms with E-state index < -0.39 is 0 Å². The van der Waals surface area contributed by atoms with Crippen LogP contribution in [0.2, 0.25) is 0 Å². The zero-order chi connectivity index (χ0) is 19.2. The van der Waals surface area contributed by atoms with Gasteiger partial charge in [0.1, 0.15) is 5.75 Å². The third kappa shape index (κ3) is 4.92. The normalized spacial score (nSPS) is 10.9. The van der Waals surface area contributed by atoms with E-state index in [0.717, 1.165) is 25.7 Å². The van der Waals surface area contributed by atoms with Crippen LogP contribution in [-0.4, -0.2) is 27.5 Å². The minimum absolute atomic E-state index is 0.532. The Bertz CT molecular complexity index is 1020. The standard InChI is InChI=1S/C19H16N4O2S3/c1-24-15-9-7-13(8-10-15)11-26-18-22-23-19(28-18)27-12-16-20-21-17(25-16)14-5-3-2-4-6-14/h2-10H,11-12H2,1H3. The molecule has 0 N–H and O–H groups in total. The summed E-state index contributed by atoms with van der Waals surface area (Å²) in [5.74, 6) is 3.38. The fraction of sp³-hybridized carbons (Fsp3) is 0.158. The molecule has 6 nitrogen and oxygen atoms in total. The smallest absolute Gasteiger partial charge is 0.247 e. The first-order chi connectivity index (χ1) is 13.8. The molecule has 2 aromatic heterocycles. The van der Waals surface area contributed by atoms with Crippen molar-refractivity contribution < 1.29 is 9.15 Å². The van der Waals surface area contributed by atoms with Crippen LogP contribution in [0.4, 0.5) is 0 Å². The topological polar surface area (TPSA) is 73.9 Å². The van der Waals surface area contributed by atoms with E-state index in [9.17, 15) is 0 Å². The fourth-order valence-corrected chi connectivity index (χ4v) is 5.13. The van der Waals surface area contributed by atoms with Gasteiger partial charge in [0.15, 0.2) is 8.68 Å². The van der Waals surface area contributed by atoms with Gasteiger partial charge in [-0.25, -0.2) is 0 Å². The van der Waals surface area contributed by atoms with Gasteiger partial charge >= 0.3 is 0 Å². The molecule has 0 unspecified atom stereocenters. The minimum atomic E-state index is 0.532. The van der Waals surface area contributed by atoms with Crippen molar-refractivity contribution >= 4 is 34.9 Å². The van der Waals surface area contributed by atoms with Crippen molar-refractivity contribution in [2.75, 3.05) is 7.11 Å². The molecule has 4 aromatic rings. The van der Waals surface area contributed by atoms with Crippen LogP contribution in [0, 0.1) is 0 Å². The molecular formula is C19H16N4O2S3. The molecule has 142 valence electrons. The quantitative estimate of drug-likeness (QED) is 0.355. The molecule has 28 heavy (non-hydrogen) atoms. The highest BCUT2D eigenvalue weighted by Gasteiger charge is 2.11. The largest absolute Gasteiger partial charge is 0.497 e. The summed E-state index contributed by atoms with van der Waals surface area (Å²) in [5.41, 5.74) is 2.13. The van der Waals surface area contributed by atoms with Gasteiger partial charge in [-0.3, -0.25) is 0 Å².